The summed E-state index contributed by atoms with van der Waals surface area (Å²) >= 11 is 0. The Bertz CT molecular complexity index is 801. The maximum atomic E-state index is 13.5. The third-order valence-corrected chi connectivity index (χ3v) is 8.62. The number of hydrogen-bond donors (Lipinski definition) is 2. The van der Waals surface area contributed by atoms with Crippen molar-refractivity contribution in [3.8, 4) is 0 Å². The molecule has 2 amide bonds. The second-order valence-electron chi connectivity index (χ2n) is 11.6. The Labute approximate surface area is 192 Å². The van der Waals surface area contributed by atoms with Crippen molar-refractivity contribution in [2.75, 3.05) is 13.1 Å². The van der Waals surface area contributed by atoms with Crippen LogP contribution in [0.5, 0.6) is 0 Å². The van der Waals surface area contributed by atoms with Gasteiger partial charge in [-0.3, -0.25) is 14.5 Å². The number of benzene rings is 1. The molecule has 0 unspecified atom stereocenters. The van der Waals surface area contributed by atoms with Crippen LogP contribution >= 0.6 is 0 Å². The van der Waals surface area contributed by atoms with E-state index in [4.69, 9.17) is 0 Å². The van der Waals surface area contributed by atoms with Crippen molar-refractivity contribution in [3.63, 3.8) is 0 Å². The van der Waals surface area contributed by atoms with Gasteiger partial charge in [0.05, 0.1) is 0 Å². The molecule has 4 saturated carbocycles. The fraction of sp³-hybridized carbons (Fsp3) is 0.704. The van der Waals surface area contributed by atoms with Gasteiger partial charge < -0.3 is 10.6 Å². The molecule has 5 fully saturated rings. The van der Waals surface area contributed by atoms with E-state index in [2.05, 4.69) is 39.8 Å². The average Bonchev–Trinajstić information content (AvgIpc) is 3.17. The summed E-state index contributed by atoms with van der Waals surface area (Å²) in [5.74, 6) is 2.41. The van der Waals surface area contributed by atoms with E-state index in [9.17, 15) is 9.59 Å². The number of nitrogens with one attached hydrogen (secondary N) is 2. The molecule has 32 heavy (non-hydrogen) atoms. The molecule has 0 radical (unpaired) electrons. The fourth-order valence-electron chi connectivity index (χ4n) is 7.44. The van der Waals surface area contributed by atoms with Gasteiger partial charge in [-0.15, -0.1) is 0 Å². The van der Waals surface area contributed by atoms with E-state index in [0.29, 0.717) is 0 Å². The van der Waals surface area contributed by atoms with Crippen LogP contribution in [0.25, 0.3) is 0 Å². The highest BCUT2D eigenvalue weighted by Gasteiger charge is 2.55. The first-order valence-electron chi connectivity index (χ1n) is 12.8. The lowest BCUT2D eigenvalue weighted by molar-refractivity contribution is -0.149. The Balaban J connectivity index is 1.17. The Morgan fingerprint density at radius 1 is 1.03 bits per heavy atom. The fourth-order valence-corrected chi connectivity index (χ4v) is 7.44. The molecule has 2 N–H and O–H groups in total. The summed E-state index contributed by atoms with van der Waals surface area (Å²) in [6.45, 7) is 6.87. The molecule has 4 bridgehead atoms. The predicted octanol–water partition coefficient (Wildman–Crippen LogP) is 3.73. The van der Waals surface area contributed by atoms with Crippen molar-refractivity contribution >= 4 is 11.8 Å². The van der Waals surface area contributed by atoms with E-state index in [-0.39, 0.29) is 29.2 Å². The third kappa shape index (κ3) is 4.46. The Morgan fingerprint density at radius 2 is 1.66 bits per heavy atom. The molecule has 0 spiro atoms. The van der Waals surface area contributed by atoms with E-state index >= 15 is 0 Å². The molecule has 174 valence electrons. The highest BCUT2D eigenvalue weighted by molar-refractivity contribution is 5.90. The zero-order valence-corrected chi connectivity index (χ0v) is 19.7. The van der Waals surface area contributed by atoms with E-state index in [1.807, 2.05) is 19.9 Å². The van der Waals surface area contributed by atoms with Crippen LogP contribution in [0.3, 0.4) is 0 Å². The summed E-state index contributed by atoms with van der Waals surface area (Å²) in [6, 6.07) is 10.2. The summed E-state index contributed by atoms with van der Waals surface area (Å²) in [6.07, 6.45) is 8.04. The van der Waals surface area contributed by atoms with Crippen LogP contribution in [0.2, 0.25) is 0 Å². The monoisotopic (exact) mass is 437 g/mol. The molecule has 5 heteroatoms. The van der Waals surface area contributed by atoms with Crippen molar-refractivity contribution < 1.29 is 9.59 Å². The quantitative estimate of drug-likeness (QED) is 0.683. The number of rotatable bonds is 7. The SMILES string of the molecule is CC(C)[C@H](NC(=O)C12CC3CC(CC(C3)C1)C2)C(=O)N[C@H]1CCN(Cc2ccccc2)C1. The van der Waals surface area contributed by atoms with Crippen LogP contribution in [-0.2, 0) is 16.1 Å². The summed E-state index contributed by atoms with van der Waals surface area (Å²) in [4.78, 5) is 29.1. The molecular weight excluding hydrogens is 398 g/mol. The van der Waals surface area contributed by atoms with Gasteiger partial charge in [0, 0.05) is 31.1 Å². The molecule has 0 aromatic heterocycles. The maximum absolute atomic E-state index is 13.5. The van der Waals surface area contributed by atoms with Crippen LogP contribution in [0.1, 0.15) is 64.4 Å². The van der Waals surface area contributed by atoms with Gasteiger partial charge in [-0.05, 0) is 74.2 Å². The molecule has 6 rings (SSSR count). The van der Waals surface area contributed by atoms with Crippen LogP contribution in [0.4, 0.5) is 0 Å². The van der Waals surface area contributed by atoms with Crippen molar-refractivity contribution in [2.24, 2.45) is 29.1 Å². The standard InChI is InChI=1S/C27H39N3O2/c1-18(2)24(29-26(32)27-13-20-10-21(14-27)12-22(11-20)15-27)25(31)28-23-8-9-30(17-23)16-19-6-4-3-5-7-19/h3-7,18,20-24H,8-17H2,1-2H3,(H,28,31)(H,29,32)/t20?,21?,22?,23-,24-,27?/m0/s1. The molecule has 4 aliphatic carbocycles. The maximum Gasteiger partial charge on any atom is 0.243 e. The van der Waals surface area contributed by atoms with Gasteiger partial charge in [-0.2, -0.15) is 0 Å². The number of hydrogen-bond acceptors (Lipinski definition) is 3. The summed E-state index contributed by atoms with van der Waals surface area (Å²) in [7, 11) is 0. The number of amides is 2. The highest BCUT2D eigenvalue weighted by Crippen LogP contribution is 2.60. The topological polar surface area (TPSA) is 61.4 Å². The van der Waals surface area contributed by atoms with Crippen LogP contribution in [0.15, 0.2) is 30.3 Å². The minimum atomic E-state index is -0.446. The van der Waals surface area contributed by atoms with E-state index in [1.165, 1.54) is 24.8 Å². The number of likely N-dealkylation sites (tertiary alicyclic amines) is 1. The third-order valence-electron chi connectivity index (χ3n) is 8.62. The van der Waals surface area contributed by atoms with Crippen LogP contribution < -0.4 is 10.6 Å². The summed E-state index contributed by atoms with van der Waals surface area (Å²) in [5, 5.41) is 6.49. The largest absolute Gasteiger partial charge is 0.350 e. The molecular formula is C27H39N3O2. The minimum Gasteiger partial charge on any atom is -0.350 e. The van der Waals surface area contributed by atoms with Crippen molar-refractivity contribution in [2.45, 2.75) is 77.4 Å². The van der Waals surface area contributed by atoms with Crippen LogP contribution in [0, 0.1) is 29.1 Å². The molecule has 1 aromatic carbocycles. The smallest absolute Gasteiger partial charge is 0.243 e. The molecule has 1 heterocycles. The van der Waals surface area contributed by atoms with Gasteiger partial charge in [0.25, 0.3) is 0 Å². The van der Waals surface area contributed by atoms with Crippen molar-refractivity contribution in [1.82, 2.24) is 15.5 Å². The molecule has 1 aromatic rings. The Morgan fingerprint density at radius 3 is 2.25 bits per heavy atom. The lowest BCUT2D eigenvalue weighted by atomic mass is 9.49. The minimum absolute atomic E-state index is 0.00959. The normalized spacial score (nSPS) is 34.6. The number of nitrogens with zero attached hydrogens (tertiary/aromatic N) is 1. The first-order chi connectivity index (χ1) is 15.4. The van der Waals surface area contributed by atoms with Crippen LogP contribution in [-0.4, -0.2) is 41.9 Å². The molecule has 1 aliphatic heterocycles. The molecule has 2 atom stereocenters. The average molecular weight is 438 g/mol. The van der Waals surface area contributed by atoms with Gasteiger partial charge >= 0.3 is 0 Å². The van der Waals surface area contributed by atoms with E-state index in [0.717, 1.165) is 63.1 Å². The second-order valence-corrected chi connectivity index (χ2v) is 11.6. The highest BCUT2D eigenvalue weighted by atomic mass is 16.2. The predicted molar refractivity (Wildman–Crippen MR) is 126 cm³/mol. The number of carbonyl (C=O) groups excluding carboxylic acids is 2. The van der Waals surface area contributed by atoms with Gasteiger partial charge in [0.1, 0.15) is 6.04 Å². The van der Waals surface area contributed by atoms with Crippen molar-refractivity contribution in [3.05, 3.63) is 35.9 Å². The Kier molecular flexibility index (Phi) is 6.04. The summed E-state index contributed by atoms with van der Waals surface area (Å²) in [5.41, 5.74) is 1.10. The first kappa shape index (κ1) is 21.9. The van der Waals surface area contributed by atoms with Crippen molar-refractivity contribution in [1.29, 1.82) is 0 Å². The van der Waals surface area contributed by atoms with E-state index in [1.54, 1.807) is 0 Å². The molecule has 5 aliphatic rings. The molecule has 1 saturated heterocycles. The summed E-state index contributed by atoms with van der Waals surface area (Å²) < 4.78 is 0. The van der Waals surface area contributed by atoms with E-state index < -0.39 is 6.04 Å². The van der Waals surface area contributed by atoms with Gasteiger partial charge in [-0.1, -0.05) is 44.2 Å². The second kappa shape index (κ2) is 8.81. The van der Waals surface area contributed by atoms with Gasteiger partial charge in [-0.25, -0.2) is 0 Å². The first-order valence-corrected chi connectivity index (χ1v) is 12.8. The van der Waals surface area contributed by atoms with Gasteiger partial charge in [0.15, 0.2) is 0 Å². The lowest BCUT2D eigenvalue weighted by Crippen LogP contribution is -2.59. The zero-order valence-electron chi connectivity index (χ0n) is 19.7. The zero-order chi connectivity index (χ0) is 22.3. The van der Waals surface area contributed by atoms with Gasteiger partial charge in [0.2, 0.25) is 11.8 Å². The number of carbonyl (C=O) groups is 2. The lowest BCUT2D eigenvalue weighted by Gasteiger charge is -2.55. The Hall–Kier alpha value is -1.88. The molecule has 5 nitrogen and oxygen atoms in total.